The van der Waals surface area contributed by atoms with Crippen LogP contribution in [0.5, 0.6) is 0 Å². The molecule has 1 N–H and O–H groups in total. The summed E-state index contributed by atoms with van der Waals surface area (Å²) in [4.78, 5) is 29.4. The Morgan fingerprint density at radius 1 is 1.50 bits per heavy atom. The van der Waals surface area contributed by atoms with Gasteiger partial charge in [-0.25, -0.2) is 9.78 Å². The van der Waals surface area contributed by atoms with Crippen LogP contribution in [-0.2, 0) is 4.79 Å². The summed E-state index contributed by atoms with van der Waals surface area (Å²) in [6.45, 7) is 1.81. The zero-order valence-electron chi connectivity index (χ0n) is 11.1. The molecule has 0 spiro atoms. The van der Waals surface area contributed by atoms with E-state index in [1.165, 1.54) is 12.3 Å². The summed E-state index contributed by atoms with van der Waals surface area (Å²) in [5, 5.41) is 9.20. The number of carboxylic acids is 1. The van der Waals surface area contributed by atoms with Crippen molar-refractivity contribution >= 4 is 23.2 Å². The smallest absolute Gasteiger partial charge is 0.337 e. The quantitative estimate of drug-likeness (QED) is 0.923. The molecule has 1 amide bonds. The first-order valence-corrected chi connectivity index (χ1v) is 6.64. The molecule has 2 aromatic rings. The molecule has 1 saturated carbocycles. The van der Waals surface area contributed by atoms with Gasteiger partial charge in [0.25, 0.3) is 0 Å². The fourth-order valence-corrected chi connectivity index (χ4v) is 2.35. The Morgan fingerprint density at radius 3 is 2.85 bits per heavy atom. The van der Waals surface area contributed by atoms with Gasteiger partial charge in [-0.15, -0.1) is 0 Å². The van der Waals surface area contributed by atoms with Crippen LogP contribution in [-0.4, -0.2) is 32.4 Å². The minimum Gasteiger partial charge on any atom is -0.478 e. The number of hydrogen-bond acceptors (Lipinski definition) is 3. The highest BCUT2D eigenvalue weighted by Gasteiger charge is 2.34. The van der Waals surface area contributed by atoms with Crippen LogP contribution in [0.25, 0.3) is 5.65 Å². The summed E-state index contributed by atoms with van der Waals surface area (Å²) in [5.74, 6) is -1.01. The van der Waals surface area contributed by atoms with Crippen molar-refractivity contribution < 1.29 is 14.7 Å². The molecule has 104 valence electrons. The molecule has 6 nitrogen and oxygen atoms in total. The summed E-state index contributed by atoms with van der Waals surface area (Å²) in [6.07, 6.45) is 7.10. The second-order valence-corrected chi connectivity index (χ2v) is 4.93. The molecule has 0 bridgehead atoms. The number of carbonyl (C=O) groups is 2. The maximum Gasteiger partial charge on any atom is 0.337 e. The first-order chi connectivity index (χ1) is 9.61. The lowest BCUT2D eigenvalue weighted by Gasteiger charge is -2.23. The highest BCUT2D eigenvalue weighted by atomic mass is 16.4. The van der Waals surface area contributed by atoms with E-state index in [0.29, 0.717) is 17.8 Å². The van der Waals surface area contributed by atoms with Crippen molar-refractivity contribution in [1.29, 1.82) is 0 Å². The zero-order chi connectivity index (χ0) is 14.3. The second kappa shape index (κ2) is 4.63. The monoisotopic (exact) mass is 273 g/mol. The number of hydrogen-bond donors (Lipinski definition) is 1. The van der Waals surface area contributed by atoms with Gasteiger partial charge in [-0.3, -0.25) is 4.79 Å². The number of aromatic carboxylic acids is 1. The normalized spacial score (nSPS) is 14.4. The van der Waals surface area contributed by atoms with Gasteiger partial charge in [-0.2, -0.15) is 0 Å². The standard InChI is InChI=1S/C14H15N3O3/c1-2-12(18)17(10-3-4-10)11-7-9(14(19)20)8-16-6-5-15-13(11)16/h5-8,10H,2-4H2,1H3,(H,19,20). The topological polar surface area (TPSA) is 74.9 Å². The van der Waals surface area contributed by atoms with E-state index in [-0.39, 0.29) is 17.5 Å². The minimum atomic E-state index is -1.01. The van der Waals surface area contributed by atoms with E-state index >= 15 is 0 Å². The van der Waals surface area contributed by atoms with Gasteiger partial charge < -0.3 is 14.4 Å². The van der Waals surface area contributed by atoms with Gasteiger partial charge in [0.15, 0.2) is 5.65 Å². The second-order valence-electron chi connectivity index (χ2n) is 4.93. The van der Waals surface area contributed by atoms with Crippen LogP contribution < -0.4 is 4.90 Å². The largest absolute Gasteiger partial charge is 0.478 e. The van der Waals surface area contributed by atoms with Gasteiger partial charge in [-0.1, -0.05) is 6.92 Å². The molecule has 0 saturated heterocycles. The van der Waals surface area contributed by atoms with Crippen LogP contribution in [0.3, 0.4) is 0 Å². The highest BCUT2D eigenvalue weighted by molar-refractivity contribution is 5.99. The third kappa shape index (κ3) is 2.03. The van der Waals surface area contributed by atoms with Crippen LogP contribution in [0.4, 0.5) is 5.69 Å². The first-order valence-electron chi connectivity index (χ1n) is 6.64. The predicted octanol–water partition coefficient (Wildman–Crippen LogP) is 1.94. The van der Waals surface area contributed by atoms with Crippen molar-refractivity contribution in [3.05, 3.63) is 30.2 Å². The van der Waals surface area contributed by atoms with E-state index in [1.807, 2.05) is 6.92 Å². The number of aromatic nitrogens is 2. The lowest BCUT2D eigenvalue weighted by molar-refractivity contribution is -0.118. The summed E-state index contributed by atoms with van der Waals surface area (Å²) in [6, 6.07) is 1.71. The van der Waals surface area contributed by atoms with Crippen molar-refractivity contribution in [2.24, 2.45) is 0 Å². The Hall–Kier alpha value is -2.37. The Balaban J connectivity index is 2.19. The number of carbonyl (C=O) groups excluding carboxylic acids is 1. The van der Waals surface area contributed by atoms with Crippen LogP contribution in [0.15, 0.2) is 24.7 Å². The molecule has 0 unspecified atom stereocenters. The van der Waals surface area contributed by atoms with E-state index in [1.54, 1.807) is 21.7 Å². The fourth-order valence-electron chi connectivity index (χ4n) is 2.35. The molecule has 1 aliphatic rings. The van der Waals surface area contributed by atoms with Gasteiger partial charge in [0.05, 0.1) is 11.3 Å². The molecule has 0 aliphatic heterocycles. The van der Waals surface area contributed by atoms with Crippen molar-refractivity contribution in [1.82, 2.24) is 9.38 Å². The van der Waals surface area contributed by atoms with E-state index in [2.05, 4.69) is 4.98 Å². The average molecular weight is 273 g/mol. The maximum atomic E-state index is 12.2. The summed E-state index contributed by atoms with van der Waals surface area (Å²) >= 11 is 0. The lowest BCUT2D eigenvalue weighted by Crippen LogP contribution is -2.33. The number of pyridine rings is 1. The van der Waals surface area contributed by atoms with Crippen LogP contribution in [0.2, 0.25) is 0 Å². The molecule has 2 aromatic heterocycles. The van der Waals surface area contributed by atoms with E-state index in [4.69, 9.17) is 0 Å². The zero-order valence-corrected chi connectivity index (χ0v) is 11.1. The minimum absolute atomic E-state index is 0.0000567. The summed E-state index contributed by atoms with van der Waals surface area (Å²) in [7, 11) is 0. The third-order valence-corrected chi connectivity index (χ3v) is 3.46. The van der Waals surface area contributed by atoms with Gasteiger partial charge >= 0.3 is 5.97 Å². The first kappa shape index (κ1) is 12.7. The van der Waals surface area contributed by atoms with E-state index in [9.17, 15) is 14.7 Å². The number of rotatable bonds is 4. The van der Waals surface area contributed by atoms with Crippen molar-refractivity contribution in [3.63, 3.8) is 0 Å². The molecular formula is C14H15N3O3. The van der Waals surface area contributed by atoms with Crippen molar-refractivity contribution in [3.8, 4) is 0 Å². The molecule has 1 aliphatic carbocycles. The van der Waals surface area contributed by atoms with Gasteiger partial charge in [0.1, 0.15) is 0 Å². The molecule has 0 radical (unpaired) electrons. The molecule has 2 heterocycles. The molecule has 0 aromatic carbocycles. The number of imidazole rings is 1. The summed E-state index contributed by atoms with van der Waals surface area (Å²) in [5.41, 5.74) is 1.35. The SMILES string of the molecule is CCC(=O)N(c1cc(C(=O)O)cn2ccnc12)C1CC1. The average Bonchev–Trinajstić information content (AvgIpc) is 3.14. The molecule has 1 fully saturated rings. The Bertz CT molecular complexity index is 688. The number of anilines is 1. The molecule has 6 heteroatoms. The van der Waals surface area contributed by atoms with E-state index in [0.717, 1.165) is 12.8 Å². The van der Waals surface area contributed by atoms with Gasteiger partial charge in [-0.05, 0) is 18.9 Å². The number of fused-ring (bicyclic) bond motifs is 1. The van der Waals surface area contributed by atoms with Crippen LogP contribution >= 0.6 is 0 Å². The predicted molar refractivity (Wildman–Crippen MR) is 73.0 cm³/mol. The third-order valence-electron chi connectivity index (χ3n) is 3.46. The molecule has 3 rings (SSSR count). The van der Waals surface area contributed by atoms with E-state index < -0.39 is 5.97 Å². The Morgan fingerprint density at radius 2 is 2.25 bits per heavy atom. The van der Waals surface area contributed by atoms with Crippen LogP contribution in [0.1, 0.15) is 36.5 Å². The van der Waals surface area contributed by atoms with Crippen molar-refractivity contribution in [2.75, 3.05) is 4.90 Å². The van der Waals surface area contributed by atoms with Gasteiger partial charge in [0.2, 0.25) is 5.91 Å². The molecule has 20 heavy (non-hydrogen) atoms. The Kier molecular flexibility index (Phi) is 2.93. The summed E-state index contributed by atoms with van der Waals surface area (Å²) < 4.78 is 1.65. The highest BCUT2D eigenvalue weighted by Crippen LogP contribution is 2.34. The molecule has 0 atom stereocenters. The fraction of sp³-hybridized carbons (Fsp3) is 0.357. The Labute approximate surface area is 115 Å². The van der Waals surface area contributed by atoms with Crippen LogP contribution in [0, 0.1) is 0 Å². The molecular weight excluding hydrogens is 258 g/mol. The van der Waals surface area contributed by atoms with Gasteiger partial charge in [0, 0.05) is 31.1 Å². The number of nitrogens with zero attached hydrogens (tertiary/aromatic N) is 3. The lowest BCUT2D eigenvalue weighted by atomic mass is 10.2. The number of amides is 1. The number of carboxylic acid groups (broad SMARTS) is 1. The maximum absolute atomic E-state index is 12.2. The van der Waals surface area contributed by atoms with Crippen molar-refractivity contribution in [2.45, 2.75) is 32.2 Å².